The molecule has 3 aromatic rings. The summed E-state index contributed by atoms with van der Waals surface area (Å²) in [6.07, 6.45) is 0. The molecule has 33 heavy (non-hydrogen) atoms. The highest BCUT2D eigenvalue weighted by Gasteiger charge is 2.22. The Labute approximate surface area is 201 Å². The van der Waals surface area contributed by atoms with E-state index in [-0.39, 0.29) is 23.8 Å². The van der Waals surface area contributed by atoms with Gasteiger partial charge in [0.05, 0.1) is 33.4 Å². The molecule has 176 valence electrons. The Balaban J connectivity index is 1.97. The molecule has 0 fully saturated rings. The molecule has 1 heterocycles. The van der Waals surface area contributed by atoms with Crippen molar-refractivity contribution in [3.63, 3.8) is 0 Å². The van der Waals surface area contributed by atoms with Gasteiger partial charge in [-0.2, -0.15) is 0 Å². The number of aromatic nitrogens is 2. The number of carbonyl (C=O) groups is 2. The summed E-state index contributed by atoms with van der Waals surface area (Å²) in [6, 6.07) is 6.55. The number of fused-ring (bicyclic) bond motifs is 1. The summed E-state index contributed by atoms with van der Waals surface area (Å²) in [6.45, 7) is 7.85. The van der Waals surface area contributed by atoms with Gasteiger partial charge in [0.25, 0.3) is 0 Å². The number of carbonyl (C=O) groups excluding carboxylic acids is 1. The summed E-state index contributed by atoms with van der Waals surface area (Å²) >= 11 is 13.0. The number of halogens is 2. The number of imidazole rings is 1. The van der Waals surface area contributed by atoms with E-state index < -0.39 is 11.4 Å². The van der Waals surface area contributed by atoms with Gasteiger partial charge in [0.1, 0.15) is 11.3 Å². The molecule has 0 saturated carbocycles. The van der Waals surface area contributed by atoms with E-state index in [4.69, 9.17) is 27.9 Å². The highest BCUT2D eigenvalue weighted by atomic mass is 35.5. The molecular weight excluding hydrogens is 467 g/mol. The monoisotopic (exact) mass is 492 g/mol. The number of carboxylic acids is 1. The molecule has 0 saturated heterocycles. The molecular formula is C23H26Cl2N4O4. The Kier molecular flexibility index (Phi) is 7.09. The van der Waals surface area contributed by atoms with Crippen LogP contribution in [0.5, 0.6) is 5.75 Å². The lowest BCUT2D eigenvalue weighted by Gasteiger charge is -2.19. The number of amides is 1. The Hall–Kier alpha value is -2.97. The topological polar surface area (TPSA) is 105 Å². The number of benzene rings is 2. The number of anilines is 2. The van der Waals surface area contributed by atoms with Crippen LogP contribution < -0.4 is 15.4 Å². The van der Waals surface area contributed by atoms with E-state index in [1.807, 2.05) is 20.8 Å². The predicted molar refractivity (Wildman–Crippen MR) is 130 cm³/mol. The molecule has 0 bridgehead atoms. The molecule has 3 rings (SSSR count). The molecule has 0 spiro atoms. The van der Waals surface area contributed by atoms with Gasteiger partial charge in [-0.25, -0.2) is 9.78 Å². The van der Waals surface area contributed by atoms with Crippen LogP contribution in [-0.4, -0.2) is 33.1 Å². The van der Waals surface area contributed by atoms with Gasteiger partial charge in [-0.3, -0.25) is 4.79 Å². The van der Waals surface area contributed by atoms with Crippen molar-refractivity contribution in [2.45, 2.75) is 34.2 Å². The Morgan fingerprint density at radius 1 is 1.21 bits per heavy atom. The first kappa shape index (κ1) is 24.7. The summed E-state index contributed by atoms with van der Waals surface area (Å²) < 4.78 is 7.25. The first-order valence-electron chi connectivity index (χ1n) is 10.3. The van der Waals surface area contributed by atoms with Crippen molar-refractivity contribution >= 4 is 57.7 Å². The second-order valence-electron chi connectivity index (χ2n) is 8.52. The lowest BCUT2D eigenvalue weighted by molar-refractivity contribution is -0.128. The molecule has 3 N–H and O–H groups in total. The minimum Gasteiger partial charge on any atom is -0.493 e. The maximum absolute atomic E-state index is 12.2. The van der Waals surface area contributed by atoms with E-state index in [2.05, 4.69) is 15.6 Å². The van der Waals surface area contributed by atoms with Crippen LogP contribution in [0.4, 0.5) is 11.6 Å². The number of hydrogen-bond donors (Lipinski definition) is 3. The highest BCUT2D eigenvalue weighted by Crippen LogP contribution is 2.36. The van der Waals surface area contributed by atoms with Crippen molar-refractivity contribution in [1.82, 2.24) is 14.9 Å². The van der Waals surface area contributed by atoms with Crippen LogP contribution in [0.15, 0.2) is 24.3 Å². The van der Waals surface area contributed by atoms with Crippen molar-refractivity contribution in [2.75, 3.05) is 11.9 Å². The smallest absolute Gasteiger partial charge is 0.339 e. The fourth-order valence-corrected chi connectivity index (χ4v) is 3.70. The van der Waals surface area contributed by atoms with Gasteiger partial charge in [-0.15, -0.1) is 0 Å². The summed E-state index contributed by atoms with van der Waals surface area (Å²) in [5.41, 5.74) is 1.77. The Morgan fingerprint density at radius 3 is 2.52 bits per heavy atom. The van der Waals surface area contributed by atoms with Crippen LogP contribution in [0, 0.1) is 5.41 Å². The number of aromatic carboxylic acids is 1. The molecule has 1 aromatic heterocycles. The quantitative estimate of drug-likeness (QED) is 0.408. The summed E-state index contributed by atoms with van der Waals surface area (Å²) in [5.74, 6) is -0.524. The summed E-state index contributed by atoms with van der Waals surface area (Å²) in [7, 11) is 1.78. The molecule has 0 atom stereocenters. The second kappa shape index (κ2) is 9.49. The third kappa shape index (κ3) is 5.17. The van der Waals surface area contributed by atoms with Gasteiger partial charge in [-0.05, 0) is 24.6 Å². The standard InChI is InChI=1S/C23H26Cl2N4O4/c1-6-33-17-10-16-15(9-13(17)20(30)31)27-22(29(16)5)28-19-14(24)8-7-12(18(19)25)11-26-21(32)23(2,3)4/h7-10H,6,11H2,1-5H3,(H,26,32)(H,27,28)(H,30,31). The van der Waals surface area contributed by atoms with Gasteiger partial charge in [0.2, 0.25) is 11.9 Å². The predicted octanol–water partition coefficient (Wildman–Crippen LogP) is 5.38. The number of ether oxygens (including phenoxy) is 1. The van der Waals surface area contributed by atoms with E-state index in [0.717, 1.165) is 0 Å². The molecule has 8 nitrogen and oxygen atoms in total. The number of aryl methyl sites for hydroxylation is 1. The summed E-state index contributed by atoms with van der Waals surface area (Å²) in [4.78, 5) is 28.4. The molecule has 0 aliphatic rings. The Bertz CT molecular complexity index is 1230. The minimum absolute atomic E-state index is 0.0293. The fraction of sp³-hybridized carbons (Fsp3) is 0.348. The average molecular weight is 493 g/mol. The number of rotatable bonds is 7. The minimum atomic E-state index is -1.10. The Morgan fingerprint density at radius 2 is 1.91 bits per heavy atom. The van der Waals surface area contributed by atoms with Crippen molar-refractivity contribution in [1.29, 1.82) is 0 Å². The van der Waals surface area contributed by atoms with Gasteiger partial charge in [0, 0.05) is 25.1 Å². The van der Waals surface area contributed by atoms with E-state index in [1.165, 1.54) is 6.07 Å². The second-order valence-corrected chi connectivity index (χ2v) is 9.31. The average Bonchev–Trinajstić information content (AvgIpc) is 3.04. The molecule has 1 amide bonds. The van der Waals surface area contributed by atoms with Crippen molar-refractivity contribution in [3.05, 3.63) is 45.4 Å². The van der Waals surface area contributed by atoms with Crippen LogP contribution in [0.2, 0.25) is 10.0 Å². The van der Waals surface area contributed by atoms with Crippen LogP contribution in [0.1, 0.15) is 43.6 Å². The first-order chi connectivity index (χ1) is 15.4. The lowest BCUT2D eigenvalue weighted by Crippen LogP contribution is -2.34. The number of hydrogen-bond acceptors (Lipinski definition) is 5. The van der Waals surface area contributed by atoms with Gasteiger partial charge in [-0.1, -0.05) is 50.0 Å². The molecule has 0 aliphatic heterocycles. The third-order valence-electron chi connectivity index (χ3n) is 5.04. The number of carboxylic acid groups (broad SMARTS) is 1. The first-order valence-corrected chi connectivity index (χ1v) is 11.1. The molecule has 2 aromatic carbocycles. The fourth-order valence-electron chi connectivity index (χ4n) is 3.17. The molecule has 0 unspecified atom stereocenters. The van der Waals surface area contributed by atoms with Crippen molar-refractivity contribution < 1.29 is 19.4 Å². The van der Waals surface area contributed by atoms with E-state index in [1.54, 1.807) is 36.7 Å². The van der Waals surface area contributed by atoms with Crippen LogP contribution in [-0.2, 0) is 18.4 Å². The zero-order valence-electron chi connectivity index (χ0n) is 19.0. The van der Waals surface area contributed by atoms with Crippen molar-refractivity contribution in [2.24, 2.45) is 12.5 Å². The van der Waals surface area contributed by atoms with Crippen LogP contribution in [0.25, 0.3) is 11.0 Å². The van der Waals surface area contributed by atoms with Crippen LogP contribution >= 0.6 is 23.2 Å². The molecule has 10 heteroatoms. The number of nitrogens with one attached hydrogen (secondary N) is 2. The largest absolute Gasteiger partial charge is 0.493 e. The van der Waals surface area contributed by atoms with Crippen molar-refractivity contribution in [3.8, 4) is 5.75 Å². The zero-order chi connectivity index (χ0) is 24.5. The van der Waals surface area contributed by atoms with Gasteiger partial charge < -0.3 is 25.0 Å². The molecule has 0 radical (unpaired) electrons. The number of nitrogens with zero attached hydrogens (tertiary/aromatic N) is 2. The summed E-state index contributed by atoms with van der Waals surface area (Å²) in [5, 5.41) is 16.3. The zero-order valence-corrected chi connectivity index (χ0v) is 20.6. The normalized spacial score (nSPS) is 11.5. The maximum atomic E-state index is 12.2. The van der Waals surface area contributed by atoms with Gasteiger partial charge in [0.15, 0.2) is 0 Å². The lowest BCUT2D eigenvalue weighted by atomic mass is 9.95. The molecule has 0 aliphatic carbocycles. The van der Waals surface area contributed by atoms with E-state index in [9.17, 15) is 14.7 Å². The van der Waals surface area contributed by atoms with Gasteiger partial charge >= 0.3 is 5.97 Å². The van der Waals surface area contributed by atoms with E-state index >= 15 is 0 Å². The third-order valence-corrected chi connectivity index (χ3v) is 5.79. The highest BCUT2D eigenvalue weighted by molar-refractivity contribution is 6.39. The van der Waals surface area contributed by atoms with E-state index in [0.29, 0.717) is 44.9 Å². The SMILES string of the molecule is CCOc1cc2c(cc1C(=O)O)nc(Nc1c(Cl)ccc(CNC(=O)C(C)(C)C)c1Cl)n2C. The maximum Gasteiger partial charge on any atom is 0.339 e. The van der Waals surface area contributed by atoms with Crippen LogP contribution in [0.3, 0.4) is 0 Å².